The van der Waals surface area contributed by atoms with Crippen LogP contribution in [0.15, 0.2) is 12.7 Å². The molecule has 18 heavy (non-hydrogen) atoms. The standard InChI is InChI=1S/C14H30N2O2/c1-4-6-18-11-14(17)10-16-9-12(3)7-13(5-2)8-15/h4,12-14,16-17H,1,5-11,15H2,2-3H3. The number of hydrogen-bond acceptors (Lipinski definition) is 4. The van der Waals surface area contributed by atoms with E-state index in [0.717, 1.165) is 25.9 Å². The molecule has 0 spiro atoms. The minimum absolute atomic E-state index is 0.355. The molecule has 0 aromatic heterocycles. The van der Waals surface area contributed by atoms with Crippen molar-refractivity contribution in [3.8, 4) is 0 Å². The van der Waals surface area contributed by atoms with Crippen molar-refractivity contribution in [3.05, 3.63) is 12.7 Å². The van der Waals surface area contributed by atoms with Crippen LogP contribution in [0.5, 0.6) is 0 Å². The SMILES string of the molecule is C=CCOCC(O)CNCC(C)CC(CC)CN. The van der Waals surface area contributed by atoms with Crippen molar-refractivity contribution in [1.82, 2.24) is 5.32 Å². The summed E-state index contributed by atoms with van der Waals surface area (Å²) in [6.45, 7) is 11.0. The highest BCUT2D eigenvalue weighted by Gasteiger charge is 2.10. The number of hydrogen-bond donors (Lipinski definition) is 3. The summed E-state index contributed by atoms with van der Waals surface area (Å²) in [5, 5.41) is 12.9. The molecule has 3 unspecified atom stereocenters. The van der Waals surface area contributed by atoms with E-state index >= 15 is 0 Å². The highest BCUT2D eigenvalue weighted by Crippen LogP contribution is 2.13. The van der Waals surface area contributed by atoms with Gasteiger partial charge in [0.05, 0.1) is 19.3 Å². The molecule has 0 aliphatic heterocycles. The quantitative estimate of drug-likeness (QED) is 0.363. The van der Waals surface area contributed by atoms with Crippen LogP contribution in [0.4, 0.5) is 0 Å². The molecule has 0 aliphatic rings. The Bertz CT molecular complexity index is 196. The number of rotatable bonds is 12. The summed E-state index contributed by atoms with van der Waals surface area (Å²) in [7, 11) is 0. The maximum Gasteiger partial charge on any atom is 0.0897 e. The van der Waals surface area contributed by atoms with Crippen LogP contribution in [0.3, 0.4) is 0 Å². The molecule has 0 fully saturated rings. The summed E-state index contributed by atoms with van der Waals surface area (Å²) in [6, 6.07) is 0. The first-order chi connectivity index (χ1) is 8.63. The molecule has 4 N–H and O–H groups in total. The van der Waals surface area contributed by atoms with Gasteiger partial charge in [-0.3, -0.25) is 0 Å². The smallest absolute Gasteiger partial charge is 0.0897 e. The second-order valence-electron chi connectivity index (χ2n) is 4.99. The lowest BCUT2D eigenvalue weighted by Crippen LogP contribution is -2.33. The molecule has 0 saturated carbocycles. The van der Waals surface area contributed by atoms with E-state index in [1.54, 1.807) is 6.08 Å². The van der Waals surface area contributed by atoms with Gasteiger partial charge in [-0.15, -0.1) is 6.58 Å². The molecule has 0 bridgehead atoms. The summed E-state index contributed by atoms with van der Waals surface area (Å²) in [4.78, 5) is 0. The van der Waals surface area contributed by atoms with Gasteiger partial charge in [0.25, 0.3) is 0 Å². The molecule has 0 aromatic rings. The summed E-state index contributed by atoms with van der Waals surface area (Å²) in [5.41, 5.74) is 5.69. The van der Waals surface area contributed by atoms with E-state index < -0.39 is 6.10 Å². The number of ether oxygens (including phenoxy) is 1. The van der Waals surface area contributed by atoms with Crippen molar-refractivity contribution >= 4 is 0 Å². The van der Waals surface area contributed by atoms with Crippen molar-refractivity contribution in [3.63, 3.8) is 0 Å². The Morgan fingerprint density at radius 2 is 2.17 bits per heavy atom. The largest absolute Gasteiger partial charge is 0.389 e. The first-order valence-electron chi connectivity index (χ1n) is 6.91. The Balaban J connectivity index is 3.54. The molecule has 0 radical (unpaired) electrons. The minimum Gasteiger partial charge on any atom is -0.389 e. The van der Waals surface area contributed by atoms with E-state index in [2.05, 4.69) is 25.7 Å². The third-order valence-electron chi connectivity index (χ3n) is 3.07. The molecule has 0 heterocycles. The van der Waals surface area contributed by atoms with Gasteiger partial charge in [-0.25, -0.2) is 0 Å². The van der Waals surface area contributed by atoms with Crippen molar-refractivity contribution in [2.75, 3.05) is 32.8 Å². The van der Waals surface area contributed by atoms with E-state index in [1.165, 1.54) is 0 Å². The topological polar surface area (TPSA) is 67.5 Å². The van der Waals surface area contributed by atoms with Crippen LogP contribution in [0.25, 0.3) is 0 Å². The van der Waals surface area contributed by atoms with E-state index in [1.807, 2.05) is 0 Å². The molecular weight excluding hydrogens is 228 g/mol. The first-order valence-corrected chi connectivity index (χ1v) is 6.91. The highest BCUT2D eigenvalue weighted by molar-refractivity contribution is 4.68. The zero-order chi connectivity index (χ0) is 13.8. The summed E-state index contributed by atoms with van der Waals surface area (Å²) in [6.07, 6.45) is 3.51. The van der Waals surface area contributed by atoms with E-state index in [0.29, 0.717) is 31.6 Å². The molecule has 0 amide bonds. The monoisotopic (exact) mass is 258 g/mol. The Hall–Kier alpha value is -0.420. The lowest BCUT2D eigenvalue weighted by molar-refractivity contribution is 0.0490. The Labute approximate surface area is 112 Å². The van der Waals surface area contributed by atoms with Gasteiger partial charge in [-0.1, -0.05) is 26.3 Å². The molecule has 0 saturated heterocycles. The van der Waals surface area contributed by atoms with E-state index in [-0.39, 0.29) is 0 Å². The fourth-order valence-electron chi connectivity index (χ4n) is 1.92. The zero-order valence-corrected chi connectivity index (χ0v) is 11.9. The van der Waals surface area contributed by atoms with Gasteiger partial charge >= 0.3 is 0 Å². The Morgan fingerprint density at radius 3 is 2.72 bits per heavy atom. The van der Waals surface area contributed by atoms with Crippen LogP contribution in [-0.2, 0) is 4.74 Å². The lowest BCUT2D eigenvalue weighted by Gasteiger charge is -2.19. The van der Waals surface area contributed by atoms with Gasteiger partial charge in [0.2, 0.25) is 0 Å². The second-order valence-corrected chi connectivity index (χ2v) is 4.99. The molecule has 0 aliphatic carbocycles. The van der Waals surface area contributed by atoms with Crippen LogP contribution >= 0.6 is 0 Å². The predicted octanol–water partition coefficient (Wildman–Crippen LogP) is 1.15. The summed E-state index contributed by atoms with van der Waals surface area (Å²) < 4.78 is 5.18. The predicted molar refractivity (Wildman–Crippen MR) is 76.5 cm³/mol. The fraction of sp³-hybridized carbons (Fsp3) is 0.857. The van der Waals surface area contributed by atoms with Gasteiger partial charge < -0.3 is 20.9 Å². The number of aliphatic hydroxyl groups is 1. The first kappa shape index (κ1) is 17.6. The Kier molecular flexibility index (Phi) is 11.4. The molecule has 4 nitrogen and oxygen atoms in total. The average Bonchev–Trinajstić information content (AvgIpc) is 2.36. The lowest BCUT2D eigenvalue weighted by atomic mass is 9.94. The van der Waals surface area contributed by atoms with Crippen LogP contribution in [0.2, 0.25) is 0 Å². The summed E-state index contributed by atoms with van der Waals surface area (Å²) >= 11 is 0. The van der Waals surface area contributed by atoms with Crippen molar-refractivity contribution in [2.24, 2.45) is 17.6 Å². The third kappa shape index (κ3) is 9.59. The van der Waals surface area contributed by atoms with Gasteiger partial charge in [0.1, 0.15) is 0 Å². The normalized spacial score (nSPS) is 16.2. The van der Waals surface area contributed by atoms with E-state index in [9.17, 15) is 5.11 Å². The molecule has 0 rings (SSSR count). The molecular formula is C14H30N2O2. The van der Waals surface area contributed by atoms with Gasteiger partial charge in [-0.2, -0.15) is 0 Å². The number of nitrogens with two attached hydrogens (primary N) is 1. The summed E-state index contributed by atoms with van der Waals surface area (Å²) in [5.74, 6) is 1.20. The molecule has 3 atom stereocenters. The fourth-order valence-corrected chi connectivity index (χ4v) is 1.92. The zero-order valence-electron chi connectivity index (χ0n) is 11.9. The molecule has 4 heteroatoms. The van der Waals surface area contributed by atoms with Gasteiger partial charge in [0, 0.05) is 6.54 Å². The van der Waals surface area contributed by atoms with Crippen molar-refractivity contribution < 1.29 is 9.84 Å². The van der Waals surface area contributed by atoms with E-state index in [4.69, 9.17) is 10.5 Å². The number of nitrogens with one attached hydrogen (secondary N) is 1. The van der Waals surface area contributed by atoms with Gasteiger partial charge in [0.15, 0.2) is 0 Å². The maximum atomic E-state index is 9.62. The van der Waals surface area contributed by atoms with Crippen LogP contribution in [0, 0.1) is 11.8 Å². The van der Waals surface area contributed by atoms with Crippen molar-refractivity contribution in [2.45, 2.75) is 32.8 Å². The van der Waals surface area contributed by atoms with Crippen molar-refractivity contribution in [1.29, 1.82) is 0 Å². The number of aliphatic hydroxyl groups excluding tert-OH is 1. The Morgan fingerprint density at radius 1 is 1.44 bits per heavy atom. The molecule has 0 aromatic carbocycles. The maximum absolute atomic E-state index is 9.62. The average molecular weight is 258 g/mol. The van der Waals surface area contributed by atoms with Crippen LogP contribution in [0.1, 0.15) is 26.7 Å². The van der Waals surface area contributed by atoms with Crippen LogP contribution in [-0.4, -0.2) is 44.1 Å². The third-order valence-corrected chi connectivity index (χ3v) is 3.07. The molecule has 108 valence electrons. The highest BCUT2D eigenvalue weighted by atomic mass is 16.5. The second kappa shape index (κ2) is 11.7. The van der Waals surface area contributed by atoms with Crippen LogP contribution < -0.4 is 11.1 Å². The minimum atomic E-state index is -0.450. The van der Waals surface area contributed by atoms with Gasteiger partial charge in [-0.05, 0) is 31.3 Å².